The van der Waals surface area contributed by atoms with E-state index in [1.165, 1.54) is 25.7 Å². The Kier molecular flexibility index (Phi) is 6.17. The molecule has 2 saturated carbocycles. The van der Waals surface area contributed by atoms with Gasteiger partial charge < -0.3 is 9.69 Å². The van der Waals surface area contributed by atoms with Crippen LogP contribution in [0.15, 0.2) is 60.7 Å². The van der Waals surface area contributed by atoms with Gasteiger partial charge in [0.2, 0.25) is 12.1 Å². The van der Waals surface area contributed by atoms with Gasteiger partial charge in [0.15, 0.2) is 0 Å². The molecule has 2 aromatic rings. The Bertz CT molecular complexity index is 789. The Labute approximate surface area is 176 Å². The van der Waals surface area contributed by atoms with Crippen molar-refractivity contribution in [3.05, 3.63) is 83.5 Å². The van der Waals surface area contributed by atoms with Crippen molar-refractivity contribution >= 4 is 18.4 Å². The van der Waals surface area contributed by atoms with Crippen molar-refractivity contribution in [1.29, 1.82) is 0 Å². The molecule has 0 radical (unpaired) electrons. The molecule has 29 heavy (non-hydrogen) atoms. The summed E-state index contributed by atoms with van der Waals surface area (Å²) in [6, 6.07) is 23.2. The summed E-state index contributed by atoms with van der Waals surface area (Å²) in [5.74, 6) is 0. The lowest BCUT2D eigenvalue weighted by molar-refractivity contribution is 0.440. The summed E-state index contributed by atoms with van der Waals surface area (Å²) < 4.78 is 0. The molecule has 2 aromatic carbocycles. The van der Waals surface area contributed by atoms with E-state index in [1.54, 1.807) is 10.4 Å². The first-order valence-electron chi connectivity index (χ1n) is 11.1. The minimum atomic E-state index is -2.04. The van der Waals surface area contributed by atoms with Crippen LogP contribution in [0.25, 0.3) is 9.69 Å². The molecule has 0 N–H and O–H groups in total. The standard InChI is InChI=1S/C26H30N2Si/c1-27-21-13-17-25(18-14-21)29(23-9-5-3-6-10-23,24-11-7-4-8-12-24)26-19-15-22(28-2)16-20-26/h3-12,21-22,25-26H,13-20H2. The lowest BCUT2D eigenvalue weighted by Gasteiger charge is -2.48. The Morgan fingerprint density at radius 2 is 0.897 bits per heavy atom. The summed E-state index contributed by atoms with van der Waals surface area (Å²) in [5, 5.41) is 3.15. The first-order chi connectivity index (χ1) is 14.3. The maximum absolute atomic E-state index is 7.49. The Balaban J connectivity index is 1.82. The summed E-state index contributed by atoms with van der Waals surface area (Å²) in [6.07, 6.45) is 8.97. The minimum Gasteiger partial charge on any atom is -0.314 e. The van der Waals surface area contributed by atoms with E-state index in [2.05, 4.69) is 70.4 Å². The number of nitrogens with zero attached hydrogens (tertiary/aromatic N) is 2. The SMILES string of the molecule is [C-]#[N+]C1CCC([Si](c2ccccc2)(c2ccccc2)C2CCC([N+]#[C-])CC2)CC1. The molecule has 2 nitrogen and oxygen atoms in total. The van der Waals surface area contributed by atoms with Crippen LogP contribution in [-0.4, -0.2) is 20.2 Å². The van der Waals surface area contributed by atoms with Crippen LogP contribution in [0.2, 0.25) is 11.1 Å². The third-order valence-corrected chi connectivity index (χ3v) is 13.9. The number of rotatable bonds is 4. The van der Waals surface area contributed by atoms with Gasteiger partial charge in [0, 0.05) is 25.7 Å². The molecule has 0 atom stereocenters. The van der Waals surface area contributed by atoms with E-state index < -0.39 is 8.07 Å². The third kappa shape index (κ3) is 3.77. The van der Waals surface area contributed by atoms with Gasteiger partial charge in [-0.15, -0.1) is 0 Å². The van der Waals surface area contributed by atoms with Crippen LogP contribution >= 0.6 is 0 Å². The molecule has 0 unspecified atom stereocenters. The summed E-state index contributed by atoms with van der Waals surface area (Å²) in [7, 11) is -2.04. The predicted octanol–water partition coefficient (Wildman–Crippen LogP) is 5.71. The zero-order valence-electron chi connectivity index (χ0n) is 17.1. The molecule has 4 rings (SSSR count). The lowest BCUT2D eigenvalue weighted by atomic mass is 9.95. The number of hydrogen-bond donors (Lipinski definition) is 0. The van der Waals surface area contributed by atoms with Gasteiger partial charge in [0.1, 0.15) is 8.07 Å². The van der Waals surface area contributed by atoms with Gasteiger partial charge in [-0.1, -0.05) is 71.0 Å². The second kappa shape index (κ2) is 8.98. The fourth-order valence-corrected chi connectivity index (χ4v) is 13.1. The largest absolute Gasteiger partial charge is 0.314 e. The van der Waals surface area contributed by atoms with Gasteiger partial charge in [0.05, 0.1) is 0 Å². The van der Waals surface area contributed by atoms with Crippen molar-refractivity contribution in [3.8, 4) is 0 Å². The van der Waals surface area contributed by atoms with Crippen LogP contribution in [0.3, 0.4) is 0 Å². The van der Waals surface area contributed by atoms with Gasteiger partial charge in [-0.3, -0.25) is 0 Å². The smallest absolute Gasteiger partial charge is 0.223 e. The Hall–Kier alpha value is -2.36. The molecule has 0 amide bonds. The molecule has 3 heteroatoms. The summed E-state index contributed by atoms with van der Waals surface area (Å²) in [4.78, 5) is 7.75. The molecule has 0 bridgehead atoms. The first-order valence-corrected chi connectivity index (χ1v) is 13.3. The van der Waals surface area contributed by atoms with E-state index in [0.29, 0.717) is 11.1 Å². The van der Waals surface area contributed by atoms with Gasteiger partial charge in [-0.2, -0.15) is 0 Å². The van der Waals surface area contributed by atoms with Crippen molar-refractivity contribution < 1.29 is 0 Å². The number of benzene rings is 2. The second-order valence-corrected chi connectivity index (χ2v) is 13.4. The minimum absolute atomic E-state index is 0.224. The van der Waals surface area contributed by atoms with E-state index >= 15 is 0 Å². The fraction of sp³-hybridized carbons (Fsp3) is 0.462. The average Bonchev–Trinajstić information content (AvgIpc) is 2.82. The molecule has 2 fully saturated rings. The van der Waals surface area contributed by atoms with Gasteiger partial charge in [-0.25, -0.2) is 13.1 Å². The first kappa shape index (κ1) is 19.9. The highest BCUT2D eigenvalue weighted by Gasteiger charge is 2.52. The molecule has 2 aliphatic carbocycles. The Morgan fingerprint density at radius 1 is 0.552 bits per heavy atom. The van der Waals surface area contributed by atoms with Crippen LogP contribution in [0.4, 0.5) is 0 Å². The van der Waals surface area contributed by atoms with Gasteiger partial charge >= 0.3 is 0 Å². The van der Waals surface area contributed by atoms with Crippen molar-refractivity contribution in [2.45, 2.75) is 74.5 Å². The molecule has 0 aliphatic heterocycles. The lowest BCUT2D eigenvalue weighted by Crippen LogP contribution is -2.65. The highest BCUT2D eigenvalue weighted by atomic mass is 28.3. The van der Waals surface area contributed by atoms with E-state index in [1.807, 2.05) is 0 Å². The van der Waals surface area contributed by atoms with Crippen LogP contribution in [0.5, 0.6) is 0 Å². The van der Waals surface area contributed by atoms with Gasteiger partial charge in [-0.05, 0) is 36.8 Å². The molecule has 0 aromatic heterocycles. The van der Waals surface area contributed by atoms with Crippen molar-refractivity contribution in [2.75, 3.05) is 0 Å². The van der Waals surface area contributed by atoms with Crippen molar-refractivity contribution in [2.24, 2.45) is 0 Å². The van der Waals surface area contributed by atoms with Crippen LogP contribution < -0.4 is 10.4 Å². The highest BCUT2D eigenvalue weighted by Crippen LogP contribution is 2.48. The van der Waals surface area contributed by atoms with Crippen LogP contribution in [0, 0.1) is 13.1 Å². The summed E-state index contributed by atoms with van der Waals surface area (Å²) >= 11 is 0. The van der Waals surface area contributed by atoms with Gasteiger partial charge in [0.25, 0.3) is 0 Å². The van der Waals surface area contributed by atoms with E-state index in [4.69, 9.17) is 13.1 Å². The fourth-order valence-electron chi connectivity index (χ4n) is 6.19. The molecule has 0 heterocycles. The third-order valence-electron chi connectivity index (χ3n) is 7.55. The molecular weight excluding hydrogens is 368 g/mol. The average molecular weight is 399 g/mol. The van der Waals surface area contributed by atoms with E-state index in [0.717, 1.165) is 25.7 Å². The summed E-state index contributed by atoms with van der Waals surface area (Å²) in [5.41, 5.74) is 1.39. The zero-order valence-corrected chi connectivity index (χ0v) is 18.1. The van der Waals surface area contributed by atoms with Crippen LogP contribution in [0.1, 0.15) is 51.4 Å². The maximum atomic E-state index is 7.49. The molecular formula is C26H30N2Si. The Morgan fingerprint density at radius 3 is 1.21 bits per heavy atom. The van der Waals surface area contributed by atoms with Crippen molar-refractivity contribution in [3.63, 3.8) is 0 Å². The predicted molar refractivity (Wildman–Crippen MR) is 123 cm³/mol. The number of hydrogen-bond acceptors (Lipinski definition) is 0. The second-order valence-electron chi connectivity index (χ2n) is 8.87. The normalized spacial score (nSPS) is 27.5. The molecule has 0 spiro atoms. The highest BCUT2D eigenvalue weighted by molar-refractivity contribution is 7.04. The monoisotopic (exact) mass is 398 g/mol. The maximum Gasteiger partial charge on any atom is 0.223 e. The quantitative estimate of drug-likeness (QED) is 0.460. The van der Waals surface area contributed by atoms with Crippen molar-refractivity contribution in [1.82, 2.24) is 0 Å². The topological polar surface area (TPSA) is 8.72 Å². The molecule has 0 saturated heterocycles. The van der Waals surface area contributed by atoms with E-state index in [-0.39, 0.29) is 12.1 Å². The molecule has 2 aliphatic rings. The zero-order chi connectivity index (χ0) is 20.1. The van der Waals surface area contributed by atoms with E-state index in [9.17, 15) is 0 Å². The van der Waals surface area contributed by atoms with Crippen LogP contribution in [-0.2, 0) is 0 Å². The molecule has 148 valence electrons. The summed E-state index contributed by atoms with van der Waals surface area (Å²) in [6.45, 7) is 15.0.